The Bertz CT molecular complexity index is 670. The van der Waals surface area contributed by atoms with Gasteiger partial charge in [-0.1, -0.05) is 63.3 Å². The summed E-state index contributed by atoms with van der Waals surface area (Å²) in [6.45, 7) is 10.5. The van der Waals surface area contributed by atoms with E-state index in [1.807, 2.05) is 6.92 Å². The quantitative estimate of drug-likeness (QED) is 0.502. The maximum absolute atomic E-state index is 10.1. The Morgan fingerprint density at radius 1 is 1.13 bits per heavy atom. The van der Waals surface area contributed by atoms with E-state index in [2.05, 4.69) is 44.7 Å². The van der Waals surface area contributed by atoms with Crippen LogP contribution in [0.4, 0.5) is 0 Å². The molecule has 3 N–H and O–H groups in total. The molecule has 0 heterocycles. The number of fused-ring (bicyclic) bond motifs is 1. The second-order valence-electron chi connectivity index (χ2n) is 10.0. The number of rotatable bonds is 5. The van der Waals surface area contributed by atoms with Crippen molar-refractivity contribution in [3.63, 3.8) is 0 Å². The van der Waals surface area contributed by atoms with Crippen LogP contribution in [-0.2, 0) is 0 Å². The lowest BCUT2D eigenvalue weighted by Crippen LogP contribution is -2.35. The number of hydrogen-bond donors (Lipinski definition) is 3. The van der Waals surface area contributed by atoms with Crippen LogP contribution in [-0.4, -0.2) is 33.6 Å². The fourth-order valence-corrected chi connectivity index (χ4v) is 6.19. The number of allylic oxidation sites excluding steroid dienone is 4. The summed E-state index contributed by atoms with van der Waals surface area (Å²) in [5.74, 6) is 1.87. The summed E-state index contributed by atoms with van der Waals surface area (Å²) in [5, 5.41) is 29.7. The van der Waals surface area contributed by atoms with E-state index < -0.39 is 12.2 Å². The van der Waals surface area contributed by atoms with Gasteiger partial charge in [-0.05, 0) is 87.0 Å². The molecule has 3 fully saturated rings. The van der Waals surface area contributed by atoms with Crippen LogP contribution in [0.5, 0.6) is 0 Å². The van der Waals surface area contributed by atoms with Crippen molar-refractivity contribution in [1.29, 1.82) is 0 Å². The molecule has 0 aromatic carbocycles. The van der Waals surface area contributed by atoms with E-state index in [-0.39, 0.29) is 13.5 Å². The Kier molecular flexibility index (Phi) is 8.73. The molecule has 0 aromatic rings. The summed E-state index contributed by atoms with van der Waals surface area (Å²) < 4.78 is 0. The molecular formula is C27H44O3. The molecule has 0 spiro atoms. The zero-order valence-corrected chi connectivity index (χ0v) is 18.5. The fourth-order valence-electron chi connectivity index (χ4n) is 6.19. The molecule has 3 aliphatic carbocycles. The third-order valence-electron chi connectivity index (χ3n) is 7.89. The molecule has 0 saturated heterocycles. The van der Waals surface area contributed by atoms with Gasteiger partial charge in [0.25, 0.3) is 0 Å². The van der Waals surface area contributed by atoms with Crippen LogP contribution in [0.15, 0.2) is 47.6 Å². The molecule has 0 aliphatic heterocycles. The molecule has 4 unspecified atom stereocenters. The van der Waals surface area contributed by atoms with Gasteiger partial charge in [-0.15, -0.1) is 0 Å². The topological polar surface area (TPSA) is 60.7 Å². The first-order chi connectivity index (χ1) is 13.7. The molecule has 3 saturated carbocycles. The van der Waals surface area contributed by atoms with Gasteiger partial charge in [-0.2, -0.15) is 0 Å². The van der Waals surface area contributed by atoms with E-state index in [9.17, 15) is 15.3 Å². The minimum absolute atomic E-state index is 0. The Balaban J connectivity index is 0.00000320. The van der Waals surface area contributed by atoms with Crippen LogP contribution in [0.1, 0.15) is 79.6 Å². The van der Waals surface area contributed by atoms with Gasteiger partial charge in [-0.25, -0.2) is 0 Å². The van der Waals surface area contributed by atoms with E-state index >= 15 is 0 Å². The average molecular weight is 417 g/mol. The Morgan fingerprint density at radius 2 is 1.80 bits per heavy atom. The molecule has 0 amide bonds. The van der Waals surface area contributed by atoms with Gasteiger partial charge in [0.2, 0.25) is 0 Å². The molecular weight excluding hydrogens is 372 g/mol. The van der Waals surface area contributed by atoms with Crippen LogP contribution in [0, 0.1) is 23.2 Å². The molecule has 3 aliphatic rings. The Labute approximate surface area is 184 Å². The van der Waals surface area contributed by atoms with Gasteiger partial charge >= 0.3 is 0 Å². The smallest absolute Gasteiger partial charge is 0.0809 e. The normalized spacial score (nSPS) is 37.7. The third-order valence-corrected chi connectivity index (χ3v) is 7.89. The van der Waals surface area contributed by atoms with Gasteiger partial charge in [0.05, 0.1) is 18.3 Å². The molecule has 30 heavy (non-hydrogen) atoms. The van der Waals surface area contributed by atoms with Crippen molar-refractivity contribution < 1.29 is 15.3 Å². The highest BCUT2D eigenvalue weighted by Crippen LogP contribution is 2.59. The fraction of sp³-hybridized carbons (Fsp3) is 0.704. The maximum Gasteiger partial charge on any atom is 0.0809 e. The van der Waals surface area contributed by atoms with Crippen molar-refractivity contribution in [2.24, 2.45) is 23.2 Å². The highest BCUT2D eigenvalue weighted by molar-refractivity contribution is 5.29. The average Bonchev–Trinajstić information content (AvgIpc) is 3.01. The lowest BCUT2D eigenvalue weighted by atomic mass is 9.61. The number of hydrogen-bond acceptors (Lipinski definition) is 3. The number of aliphatic hydroxyl groups excluding tert-OH is 3. The van der Waals surface area contributed by atoms with Crippen molar-refractivity contribution in [2.75, 3.05) is 0 Å². The minimum Gasteiger partial charge on any atom is -0.393 e. The van der Waals surface area contributed by atoms with Crippen LogP contribution >= 0.6 is 0 Å². The van der Waals surface area contributed by atoms with E-state index in [4.69, 9.17) is 0 Å². The standard InChI is InChI=1S/C26H40O3.CH4/c1-17(7-5-8-18(2)27)22-12-13-23-21(9-6-14-26(22,23)4)11-10-20-15-24(28)19(3)25(29)16-20;/h5,7,10-11,17-18,22-25,27-29H,3,6,8-9,12-16H2,1-2,4H3;1H4/b7-5+,21-11+;/t17?,18-,22?,23?,24+,25+,26?;/m0./s1. The predicted octanol–water partition coefficient (Wildman–Crippen LogP) is 5.73. The summed E-state index contributed by atoms with van der Waals surface area (Å²) in [4.78, 5) is 0. The number of aliphatic hydroxyl groups is 3. The van der Waals surface area contributed by atoms with E-state index in [0.29, 0.717) is 41.6 Å². The molecule has 3 nitrogen and oxygen atoms in total. The van der Waals surface area contributed by atoms with Crippen molar-refractivity contribution >= 4 is 0 Å². The molecule has 7 atom stereocenters. The summed E-state index contributed by atoms with van der Waals surface area (Å²) >= 11 is 0. The van der Waals surface area contributed by atoms with Crippen LogP contribution in [0.3, 0.4) is 0 Å². The van der Waals surface area contributed by atoms with Gasteiger partial charge in [-0.3, -0.25) is 0 Å². The lowest BCUT2D eigenvalue weighted by molar-refractivity contribution is 0.112. The SMILES string of the molecule is C.C=C1[C@H](O)CC(=C/C=C2\CCCC3(C)C2CCC3C(C)/C=C/C[C@H](C)O)C[C@H]1O. The van der Waals surface area contributed by atoms with Crippen LogP contribution < -0.4 is 0 Å². The molecule has 0 radical (unpaired) electrons. The van der Waals surface area contributed by atoms with Gasteiger partial charge in [0, 0.05) is 0 Å². The zero-order valence-electron chi connectivity index (χ0n) is 18.5. The molecule has 3 rings (SSSR count). The van der Waals surface area contributed by atoms with Crippen LogP contribution in [0.25, 0.3) is 0 Å². The Morgan fingerprint density at radius 3 is 2.43 bits per heavy atom. The van der Waals surface area contributed by atoms with Gasteiger partial charge in [0.15, 0.2) is 0 Å². The second kappa shape index (κ2) is 10.4. The van der Waals surface area contributed by atoms with Crippen molar-refractivity contribution in [1.82, 2.24) is 0 Å². The minimum atomic E-state index is -0.620. The van der Waals surface area contributed by atoms with E-state index in [0.717, 1.165) is 12.0 Å². The van der Waals surface area contributed by atoms with E-state index in [1.165, 1.54) is 32.1 Å². The lowest BCUT2D eigenvalue weighted by Gasteiger charge is -2.44. The summed E-state index contributed by atoms with van der Waals surface area (Å²) in [5.41, 5.74) is 3.58. The molecule has 3 heteroatoms. The van der Waals surface area contributed by atoms with Crippen molar-refractivity contribution in [2.45, 2.75) is 97.9 Å². The highest BCUT2D eigenvalue weighted by atomic mass is 16.3. The van der Waals surface area contributed by atoms with Crippen LogP contribution in [0.2, 0.25) is 0 Å². The Hall–Kier alpha value is -1.16. The van der Waals surface area contributed by atoms with E-state index in [1.54, 1.807) is 5.57 Å². The van der Waals surface area contributed by atoms with Crippen molar-refractivity contribution in [3.8, 4) is 0 Å². The summed E-state index contributed by atoms with van der Waals surface area (Å²) in [6.07, 6.45) is 15.6. The summed E-state index contributed by atoms with van der Waals surface area (Å²) in [6, 6.07) is 0. The first-order valence-corrected chi connectivity index (χ1v) is 11.5. The molecule has 0 aromatic heterocycles. The largest absolute Gasteiger partial charge is 0.393 e. The third kappa shape index (κ3) is 5.36. The summed E-state index contributed by atoms with van der Waals surface area (Å²) in [7, 11) is 0. The predicted molar refractivity (Wildman–Crippen MR) is 126 cm³/mol. The molecule has 170 valence electrons. The van der Waals surface area contributed by atoms with Crippen molar-refractivity contribution in [3.05, 3.63) is 47.6 Å². The monoisotopic (exact) mass is 416 g/mol. The van der Waals surface area contributed by atoms with Gasteiger partial charge < -0.3 is 15.3 Å². The first-order valence-electron chi connectivity index (χ1n) is 11.5. The highest BCUT2D eigenvalue weighted by Gasteiger charge is 2.50. The van der Waals surface area contributed by atoms with Gasteiger partial charge in [0.1, 0.15) is 0 Å². The molecule has 0 bridgehead atoms. The first kappa shape index (κ1) is 25.1. The maximum atomic E-state index is 10.1. The zero-order chi connectivity index (χ0) is 21.2. The second-order valence-corrected chi connectivity index (χ2v) is 10.0.